The Bertz CT molecular complexity index is 622. The number of rotatable bonds is 4. The third kappa shape index (κ3) is 2.85. The SMILES string of the molecule is CC(=O)NCCn1c(CCl)nc2ccc(Cl)c(C)c21. The average Bonchev–Trinajstić information content (AvgIpc) is 2.72. The summed E-state index contributed by atoms with van der Waals surface area (Å²) < 4.78 is 2.01. The summed E-state index contributed by atoms with van der Waals surface area (Å²) >= 11 is 12.1. The Hall–Kier alpha value is -1.26. The standard InChI is InChI=1S/C13H15Cl2N3O/c1-8-10(15)3-4-11-13(8)18(12(7-14)17-11)6-5-16-9(2)19/h3-4H,5-7H2,1-2H3,(H,16,19). The van der Waals surface area contributed by atoms with E-state index in [2.05, 4.69) is 10.3 Å². The van der Waals surface area contributed by atoms with E-state index in [0.29, 0.717) is 24.0 Å². The highest BCUT2D eigenvalue weighted by atomic mass is 35.5. The summed E-state index contributed by atoms with van der Waals surface area (Å²) in [6, 6.07) is 3.72. The van der Waals surface area contributed by atoms with Crippen LogP contribution in [0, 0.1) is 6.92 Å². The van der Waals surface area contributed by atoms with Crippen molar-refractivity contribution in [2.45, 2.75) is 26.3 Å². The molecule has 1 N–H and O–H groups in total. The Kier molecular flexibility index (Phi) is 4.32. The summed E-state index contributed by atoms with van der Waals surface area (Å²) in [5, 5.41) is 3.47. The Morgan fingerprint density at radius 1 is 1.47 bits per heavy atom. The van der Waals surface area contributed by atoms with Crippen LogP contribution in [0.4, 0.5) is 0 Å². The zero-order valence-corrected chi connectivity index (χ0v) is 12.3. The topological polar surface area (TPSA) is 46.9 Å². The molecule has 4 nitrogen and oxygen atoms in total. The molecule has 0 spiro atoms. The fraction of sp³-hybridized carbons (Fsp3) is 0.385. The van der Waals surface area contributed by atoms with Gasteiger partial charge in [-0.2, -0.15) is 0 Å². The first-order valence-electron chi connectivity index (χ1n) is 5.99. The van der Waals surface area contributed by atoms with Crippen molar-refractivity contribution in [2.24, 2.45) is 0 Å². The molecule has 0 bridgehead atoms. The molecule has 1 aromatic carbocycles. The number of hydrogen-bond donors (Lipinski definition) is 1. The molecule has 0 atom stereocenters. The molecule has 1 amide bonds. The van der Waals surface area contributed by atoms with Crippen LogP contribution in [0.3, 0.4) is 0 Å². The number of amides is 1. The van der Waals surface area contributed by atoms with E-state index in [9.17, 15) is 4.79 Å². The van der Waals surface area contributed by atoms with Gasteiger partial charge in [0.1, 0.15) is 5.82 Å². The van der Waals surface area contributed by atoms with Crippen LogP contribution in [-0.4, -0.2) is 22.0 Å². The van der Waals surface area contributed by atoms with Gasteiger partial charge in [-0.1, -0.05) is 11.6 Å². The molecule has 0 aliphatic heterocycles. The van der Waals surface area contributed by atoms with Gasteiger partial charge in [0.15, 0.2) is 0 Å². The number of carbonyl (C=O) groups excluding carboxylic acids is 1. The van der Waals surface area contributed by atoms with Crippen LogP contribution in [-0.2, 0) is 17.2 Å². The normalized spacial score (nSPS) is 10.9. The van der Waals surface area contributed by atoms with Crippen LogP contribution in [0.15, 0.2) is 12.1 Å². The van der Waals surface area contributed by atoms with E-state index in [1.54, 1.807) is 0 Å². The van der Waals surface area contributed by atoms with E-state index in [-0.39, 0.29) is 5.91 Å². The number of nitrogens with one attached hydrogen (secondary N) is 1. The molecule has 0 unspecified atom stereocenters. The molecule has 102 valence electrons. The van der Waals surface area contributed by atoms with Crippen molar-refractivity contribution in [3.63, 3.8) is 0 Å². The van der Waals surface area contributed by atoms with Crippen LogP contribution in [0.25, 0.3) is 11.0 Å². The largest absolute Gasteiger partial charge is 0.355 e. The minimum Gasteiger partial charge on any atom is -0.355 e. The maximum Gasteiger partial charge on any atom is 0.216 e. The lowest BCUT2D eigenvalue weighted by Crippen LogP contribution is -2.25. The number of imidazole rings is 1. The number of halogens is 2. The first kappa shape index (κ1) is 14.2. The number of aromatic nitrogens is 2. The predicted octanol–water partition coefficient (Wildman–Crippen LogP) is 2.87. The van der Waals surface area contributed by atoms with Crippen LogP contribution in [0.1, 0.15) is 18.3 Å². The highest BCUT2D eigenvalue weighted by Crippen LogP contribution is 2.26. The molecule has 0 aliphatic rings. The van der Waals surface area contributed by atoms with Gasteiger partial charge < -0.3 is 9.88 Å². The lowest BCUT2D eigenvalue weighted by atomic mass is 10.2. The van der Waals surface area contributed by atoms with Crippen molar-refractivity contribution >= 4 is 40.1 Å². The second-order valence-electron chi connectivity index (χ2n) is 4.34. The van der Waals surface area contributed by atoms with E-state index in [0.717, 1.165) is 22.4 Å². The van der Waals surface area contributed by atoms with Crippen LogP contribution >= 0.6 is 23.2 Å². The predicted molar refractivity (Wildman–Crippen MR) is 77.7 cm³/mol. The summed E-state index contributed by atoms with van der Waals surface area (Å²) in [6.45, 7) is 4.62. The number of hydrogen-bond acceptors (Lipinski definition) is 2. The fourth-order valence-electron chi connectivity index (χ4n) is 2.11. The number of benzene rings is 1. The lowest BCUT2D eigenvalue weighted by molar-refractivity contribution is -0.118. The molecule has 0 saturated carbocycles. The maximum atomic E-state index is 10.9. The van der Waals surface area contributed by atoms with Crippen molar-refractivity contribution in [3.8, 4) is 0 Å². The van der Waals surface area contributed by atoms with Crippen molar-refractivity contribution < 1.29 is 4.79 Å². The maximum absolute atomic E-state index is 10.9. The summed E-state index contributed by atoms with van der Waals surface area (Å²) in [7, 11) is 0. The number of nitrogens with zero attached hydrogens (tertiary/aromatic N) is 2. The summed E-state index contributed by atoms with van der Waals surface area (Å²) in [5.74, 6) is 1.06. The molecule has 19 heavy (non-hydrogen) atoms. The van der Waals surface area contributed by atoms with E-state index in [4.69, 9.17) is 23.2 Å². The number of aryl methyl sites for hydroxylation is 1. The molecule has 0 saturated heterocycles. The van der Waals surface area contributed by atoms with Gasteiger partial charge in [-0.15, -0.1) is 11.6 Å². The van der Waals surface area contributed by atoms with Gasteiger partial charge in [0, 0.05) is 25.0 Å². The smallest absolute Gasteiger partial charge is 0.216 e. The molecular formula is C13H15Cl2N3O. The fourth-order valence-corrected chi connectivity index (χ4v) is 2.46. The zero-order chi connectivity index (χ0) is 14.0. The third-order valence-electron chi connectivity index (χ3n) is 3.00. The lowest BCUT2D eigenvalue weighted by Gasteiger charge is -2.10. The van der Waals surface area contributed by atoms with Gasteiger partial charge >= 0.3 is 0 Å². The third-order valence-corrected chi connectivity index (χ3v) is 3.65. The van der Waals surface area contributed by atoms with E-state index < -0.39 is 0 Å². The highest BCUT2D eigenvalue weighted by Gasteiger charge is 2.13. The quantitative estimate of drug-likeness (QED) is 0.883. The second-order valence-corrected chi connectivity index (χ2v) is 5.01. The van der Waals surface area contributed by atoms with Crippen molar-refractivity contribution in [1.82, 2.24) is 14.9 Å². The average molecular weight is 300 g/mol. The molecule has 0 aliphatic carbocycles. The zero-order valence-electron chi connectivity index (χ0n) is 10.8. The number of fused-ring (bicyclic) bond motifs is 1. The van der Waals surface area contributed by atoms with Crippen LogP contribution < -0.4 is 5.32 Å². The number of carbonyl (C=O) groups is 1. The Morgan fingerprint density at radius 3 is 2.84 bits per heavy atom. The molecule has 2 aromatic rings. The minimum atomic E-state index is -0.0494. The first-order valence-corrected chi connectivity index (χ1v) is 6.90. The van der Waals surface area contributed by atoms with E-state index in [1.165, 1.54) is 6.92 Å². The van der Waals surface area contributed by atoms with Gasteiger partial charge in [0.2, 0.25) is 5.91 Å². The van der Waals surface area contributed by atoms with Gasteiger partial charge in [0.05, 0.1) is 16.9 Å². The van der Waals surface area contributed by atoms with Gasteiger partial charge in [-0.05, 0) is 24.6 Å². The minimum absolute atomic E-state index is 0.0494. The highest BCUT2D eigenvalue weighted by molar-refractivity contribution is 6.32. The van der Waals surface area contributed by atoms with Crippen LogP contribution in [0.2, 0.25) is 5.02 Å². The van der Waals surface area contributed by atoms with Gasteiger partial charge in [-0.3, -0.25) is 4.79 Å². The molecule has 1 heterocycles. The summed E-state index contributed by atoms with van der Waals surface area (Å²) in [5.41, 5.74) is 2.83. The van der Waals surface area contributed by atoms with Crippen molar-refractivity contribution in [3.05, 3.63) is 28.5 Å². The molecule has 2 rings (SSSR count). The van der Waals surface area contributed by atoms with E-state index in [1.807, 2.05) is 23.6 Å². The van der Waals surface area contributed by atoms with Gasteiger partial charge in [0.25, 0.3) is 0 Å². The first-order chi connectivity index (χ1) is 9.04. The monoisotopic (exact) mass is 299 g/mol. The van der Waals surface area contributed by atoms with Crippen LogP contribution in [0.5, 0.6) is 0 Å². The molecule has 0 radical (unpaired) electrons. The van der Waals surface area contributed by atoms with Crippen molar-refractivity contribution in [1.29, 1.82) is 0 Å². The Labute approximate surface area is 121 Å². The molecular weight excluding hydrogens is 285 g/mol. The molecule has 0 fully saturated rings. The number of alkyl halides is 1. The van der Waals surface area contributed by atoms with E-state index >= 15 is 0 Å². The molecule has 6 heteroatoms. The second kappa shape index (κ2) is 5.80. The summed E-state index contributed by atoms with van der Waals surface area (Å²) in [4.78, 5) is 15.4. The van der Waals surface area contributed by atoms with Crippen molar-refractivity contribution in [2.75, 3.05) is 6.54 Å². The van der Waals surface area contributed by atoms with Gasteiger partial charge in [-0.25, -0.2) is 4.98 Å². The Balaban J connectivity index is 2.44. The Morgan fingerprint density at radius 2 is 2.21 bits per heavy atom. The summed E-state index contributed by atoms with van der Waals surface area (Å²) in [6.07, 6.45) is 0. The molecule has 1 aromatic heterocycles.